The minimum Gasteiger partial charge on any atom is -0.359 e. The van der Waals surface area contributed by atoms with E-state index in [2.05, 4.69) is 56.8 Å². The van der Waals surface area contributed by atoms with Gasteiger partial charge in [0.2, 0.25) is 0 Å². The number of thioether (sulfide) groups is 1. The Kier molecular flexibility index (Phi) is 7.73. The fourth-order valence-corrected chi connectivity index (χ4v) is 5.23. The van der Waals surface area contributed by atoms with Gasteiger partial charge in [-0.25, -0.2) is 4.98 Å². The molecule has 1 saturated heterocycles. The summed E-state index contributed by atoms with van der Waals surface area (Å²) in [6, 6.07) is 15.0. The first kappa shape index (κ1) is 25.5. The zero-order chi connectivity index (χ0) is 26.5. The normalized spacial score (nSPS) is 17.2. The van der Waals surface area contributed by atoms with Crippen LogP contribution >= 0.6 is 11.8 Å². The Morgan fingerprint density at radius 2 is 2.00 bits per heavy atom. The number of anilines is 1. The van der Waals surface area contributed by atoms with E-state index < -0.39 is 0 Å². The molecule has 0 unspecified atom stereocenters. The van der Waals surface area contributed by atoms with E-state index >= 15 is 0 Å². The first-order chi connectivity index (χ1) is 18.6. The van der Waals surface area contributed by atoms with Gasteiger partial charge in [0.05, 0.1) is 17.5 Å². The second kappa shape index (κ2) is 11.5. The molecular weight excluding hydrogens is 492 g/mol. The van der Waals surface area contributed by atoms with Crippen LogP contribution in [0.3, 0.4) is 0 Å². The summed E-state index contributed by atoms with van der Waals surface area (Å²) >= 11 is 1.78. The van der Waals surface area contributed by atoms with Crippen molar-refractivity contribution in [2.24, 2.45) is 7.05 Å². The average molecular weight is 523 g/mol. The fourth-order valence-electron chi connectivity index (χ4n) is 4.74. The topological polar surface area (TPSA) is 96.9 Å². The average Bonchev–Trinajstić information content (AvgIpc) is 3.41. The van der Waals surface area contributed by atoms with Gasteiger partial charge in [-0.15, -0.1) is 11.8 Å². The molecular formula is C29H30N8S. The lowest BCUT2D eigenvalue weighted by Gasteiger charge is -2.35. The Labute approximate surface area is 227 Å². The van der Waals surface area contributed by atoms with E-state index in [0.717, 1.165) is 67.0 Å². The van der Waals surface area contributed by atoms with Crippen molar-refractivity contribution in [2.45, 2.75) is 11.4 Å². The maximum Gasteiger partial charge on any atom is 0.128 e. The van der Waals surface area contributed by atoms with Crippen molar-refractivity contribution in [3.05, 3.63) is 95.2 Å². The van der Waals surface area contributed by atoms with E-state index in [1.54, 1.807) is 22.6 Å². The zero-order valence-electron chi connectivity index (χ0n) is 21.6. The summed E-state index contributed by atoms with van der Waals surface area (Å²) in [5, 5.41) is 24.8. The molecule has 2 aromatic heterocycles. The number of aromatic nitrogens is 3. The third-order valence-electron chi connectivity index (χ3n) is 6.81. The highest BCUT2D eigenvalue weighted by Crippen LogP contribution is 2.32. The molecule has 0 atom stereocenters. The number of aryl methyl sites for hydroxylation is 1. The van der Waals surface area contributed by atoms with Gasteiger partial charge in [0.25, 0.3) is 0 Å². The number of benzene rings is 1. The summed E-state index contributed by atoms with van der Waals surface area (Å²) in [6.07, 6.45) is 12.7. The summed E-state index contributed by atoms with van der Waals surface area (Å²) < 4.78 is 1.75. The van der Waals surface area contributed by atoms with Gasteiger partial charge in [0.1, 0.15) is 11.9 Å². The summed E-state index contributed by atoms with van der Waals surface area (Å²) in [5.41, 5.74) is 5.84. The molecule has 0 amide bonds. The van der Waals surface area contributed by atoms with E-state index in [0.29, 0.717) is 5.70 Å². The van der Waals surface area contributed by atoms with Crippen molar-refractivity contribution in [3.63, 3.8) is 0 Å². The highest BCUT2D eigenvalue weighted by atomic mass is 32.2. The SMILES string of the molecule is CSc1cccc(CN2CCN(c3ccc(C4=CC(c5cnn(C)c5)=CN/C4=C(/C#N)C=N)cn3)CC2)c1. The maximum absolute atomic E-state index is 9.60. The molecule has 0 aliphatic carbocycles. The van der Waals surface area contributed by atoms with Crippen molar-refractivity contribution in [1.82, 2.24) is 25.0 Å². The molecule has 0 saturated carbocycles. The van der Waals surface area contributed by atoms with E-state index in [1.807, 2.05) is 43.9 Å². The fraction of sp³-hybridized carbons (Fsp3) is 0.241. The first-order valence-corrected chi connectivity index (χ1v) is 13.7. The number of hydrogen-bond donors (Lipinski definition) is 2. The predicted octanol–water partition coefficient (Wildman–Crippen LogP) is 4.31. The summed E-state index contributed by atoms with van der Waals surface area (Å²) in [7, 11) is 1.88. The quantitative estimate of drug-likeness (QED) is 0.271. The lowest BCUT2D eigenvalue weighted by Crippen LogP contribution is -2.46. The summed E-state index contributed by atoms with van der Waals surface area (Å²) in [4.78, 5) is 10.9. The molecule has 1 aromatic carbocycles. The molecule has 192 valence electrons. The molecule has 3 aromatic rings. The molecule has 0 bridgehead atoms. The van der Waals surface area contributed by atoms with Crippen LogP contribution in [0.15, 0.2) is 83.4 Å². The van der Waals surface area contributed by atoms with E-state index in [-0.39, 0.29) is 5.57 Å². The number of pyridine rings is 1. The second-order valence-corrected chi connectivity index (χ2v) is 10.1. The van der Waals surface area contributed by atoms with Gasteiger partial charge in [-0.05, 0) is 42.2 Å². The molecule has 8 nitrogen and oxygen atoms in total. The molecule has 5 rings (SSSR count). The smallest absolute Gasteiger partial charge is 0.128 e. The third-order valence-corrected chi connectivity index (χ3v) is 7.53. The van der Waals surface area contributed by atoms with E-state index in [9.17, 15) is 5.26 Å². The number of hydrogen-bond acceptors (Lipinski definition) is 8. The van der Waals surface area contributed by atoms with Crippen LogP contribution in [0.2, 0.25) is 0 Å². The predicted molar refractivity (Wildman–Crippen MR) is 154 cm³/mol. The van der Waals surface area contributed by atoms with Crippen molar-refractivity contribution in [3.8, 4) is 6.07 Å². The highest BCUT2D eigenvalue weighted by molar-refractivity contribution is 7.98. The molecule has 2 aliphatic rings. The van der Waals surface area contributed by atoms with Gasteiger partial charge in [-0.2, -0.15) is 10.4 Å². The van der Waals surface area contributed by atoms with Gasteiger partial charge in [0.15, 0.2) is 0 Å². The number of piperazine rings is 1. The minimum absolute atomic E-state index is 0.265. The Hall–Kier alpha value is -4.13. The number of nitrogens with one attached hydrogen (secondary N) is 2. The minimum atomic E-state index is 0.265. The summed E-state index contributed by atoms with van der Waals surface area (Å²) in [5.74, 6) is 0.947. The molecule has 38 heavy (non-hydrogen) atoms. The van der Waals surface area contributed by atoms with Crippen molar-refractivity contribution in [1.29, 1.82) is 10.7 Å². The molecule has 0 spiro atoms. The molecule has 1 fully saturated rings. The number of nitriles is 1. The van der Waals surface area contributed by atoms with Crippen LogP contribution < -0.4 is 10.2 Å². The van der Waals surface area contributed by atoms with Gasteiger partial charge in [-0.3, -0.25) is 9.58 Å². The van der Waals surface area contributed by atoms with Crippen molar-refractivity contribution < 1.29 is 0 Å². The van der Waals surface area contributed by atoms with Crippen LogP contribution in [0.4, 0.5) is 5.82 Å². The zero-order valence-corrected chi connectivity index (χ0v) is 22.4. The van der Waals surface area contributed by atoms with Crippen LogP contribution in [0.25, 0.3) is 11.1 Å². The number of nitrogens with zero attached hydrogens (tertiary/aromatic N) is 6. The van der Waals surface area contributed by atoms with Crippen molar-refractivity contribution >= 4 is 34.9 Å². The monoisotopic (exact) mass is 522 g/mol. The first-order valence-electron chi connectivity index (χ1n) is 12.5. The molecule has 4 heterocycles. The summed E-state index contributed by atoms with van der Waals surface area (Å²) in [6.45, 7) is 4.78. The molecule has 2 aliphatic heterocycles. The largest absolute Gasteiger partial charge is 0.359 e. The molecule has 2 N–H and O–H groups in total. The number of dihydropyridines is 1. The van der Waals surface area contributed by atoms with E-state index in [4.69, 9.17) is 10.4 Å². The second-order valence-electron chi connectivity index (χ2n) is 9.27. The highest BCUT2D eigenvalue weighted by Gasteiger charge is 2.21. The molecule has 0 radical (unpaired) electrons. The van der Waals surface area contributed by atoms with Crippen LogP contribution in [0.5, 0.6) is 0 Å². The van der Waals surface area contributed by atoms with Crippen LogP contribution in [-0.4, -0.2) is 58.3 Å². The van der Waals surface area contributed by atoms with Gasteiger partial charge < -0.3 is 15.6 Å². The van der Waals surface area contributed by atoms with Gasteiger partial charge in [0, 0.05) is 91.7 Å². The maximum atomic E-state index is 9.60. The van der Waals surface area contributed by atoms with Crippen LogP contribution in [-0.2, 0) is 13.6 Å². The number of allylic oxidation sites excluding steroid dienone is 4. The Bertz CT molecular complexity index is 1450. The third kappa shape index (κ3) is 5.57. The van der Waals surface area contributed by atoms with Gasteiger partial charge >= 0.3 is 0 Å². The van der Waals surface area contributed by atoms with Crippen LogP contribution in [0.1, 0.15) is 16.7 Å². The Morgan fingerprint density at radius 3 is 2.66 bits per heavy atom. The van der Waals surface area contributed by atoms with Crippen molar-refractivity contribution in [2.75, 3.05) is 37.3 Å². The standard InChI is InChI=1S/C29H30N8S/c1-35-20-25(18-34-35)23-13-27(29(33-17-23)24(14-30)15-31)22-6-7-28(32-16-22)37-10-8-36(9-11-37)19-21-4-3-5-26(12-21)38-2/h3-7,12-14,16-18,20,30,33H,8-11,19H2,1-2H3/b29-24+,30-14?. The Morgan fingerprint density at radius 1 is 1.16 bits per heavy atom. The lowest BCUT2D eigenvalue weighted by atomic mass is 9.94. The number of rotatable bonds is 7. The molecule has 9 heteroatoms. The lowest BCUT2D eigenvalue weighted by molar-refractivity contribution is 0.249. The van der Waals surface area contributed by atoms with Gasteiger partial charge in [-0.1, -0.05) is 12.1 Å². The van der Waals surface area contributed by atoms with Crippen LogP contribution in [0, 0.1) is 16.7 Å². The van der Waals surface area contributed by atoms with E-state index in [1.165, 1.54) is 10.5 Å². The Balaban J connectivity index is 1.31.